The summed E-state index contributed by atoms with van der Waals surface area (Å²) in [6, 6.07) is 17.2. The quantitative estimate of drug-likeness (QED) is 0.224. The molecular weight excluding hydrogens is 542 g/mol. The van der Waals surface area contributed by atoms with Crippen molar-refractivity contribution in [3.63, 3.8) is 0 Å². The summed E-state index contributed by atoms with van der Waals surface area (Å²) >= 11 is 6.43. The molecule has 2 saturated carbocycles. The summed E-state index contributed by atoms with van der Waals surface area (Å²) in [5.41, 5.74) is 3.79. The molecule has 1 spiro atoms. The van der Waals surface area contributed by atoms with Crippen molar-refractivity contribution in [3.05, 3.63) is 75.7 Å². The van der Waals surface area contributed by atoms with Crippen LogP contribution in [0.15, 0.2) is 63.9 Å². The van der Waals surface area contributed by atoms with Gasteiger partial charge in [-0.3, -0.25) is 9.51 Å². The molecule has 0 radical (unpaired) electrons. The van der Waals surface area contributed by atoms with Crippen molar-refractivity contribution in [2.24, 2.45) is 11.3 Å². The van der Waals surface area contributed by atoms with Gasteiger partial charge in [-0.15, -0.1) is 0 Å². The summed E-state index contributed by atoms with van der Waals surface area (Å²) in [5.74, 6) is 0.959. The minimum absolute atomic E-state index is 0.112. The van der Waals surface area contributed by atoms with Gasteiger partial charge in [0, 0.05) is 16.6 Å². The summed E-state index contributed by atoms with van der Waals surface area (Å²) in [4.78, 5) is 28.9. The van der Waals surface area contributed by atoms with Crippen molar-refractivity contribution in [1.29, 1.82) is 0 Å². The maximum atomic E-state index is 11.8. The number of hydrogen-bond acceptors (Lipinski definition) is 8. The zero-order valence-corrected chi connectivity index (χ0v) is 23.3. The first kappa shape index (κ1) is 25.9. The van der Waals surface area contributed by atoms with E-state index in [1.54, 1.807) is 0 Å². The normalized spacial score (nSPS) is 22.7. The highest BCUT2D eigenvalue weighted by Gasteiger charge is 2.57. The third-order valence-corrected chi connectivity index (χ3v) is 8.95. The van der Waals surface area contributed by atoms with Crippen LogP contribution in [0.1, 0.15) is 56.7 Å². The average molecular weight is 572 g/mol. The zero-order chi connectivity index (χ0) is 28.1. The van der Waals surface area contributed by atoms with Crippen molar-refractivity contribution in [2.75, 3.05) is 11.9 Å². The van der Waals surface area contributed by atoms with E-state index in [0.717, 1.165) is 41.8 Å². The van der Waals surface area contributed by atoms with Gasteiger partial charge in [-0.25, -0.2) is 14.8 Å². The maximum Gasteiger partial charge on any atom is 0.439 e. The number of benzene rings is 2. The van der Waals surface area contributed by atoms with Crippen LogP contribution in [0.4, 0.5) is 5.95 Å². The summed E-state index contributed by atoms with van der Waals surface area (Å²) in [6.45, 7) is 2.22. The molecule has 2 fully saturated rings. The van der Waals surface area contributed by atoms with Gasteiger partial charge in [-0.05, 0) is 48.3 Å². The van der Waals surface area contributed by atoms with Gasteiger partial charge in [0.05, 0.1) is 12.6 Å². The van der Waals surface area contributed by atoms with Crippen molar-refractivity contribution in [2.45, 2.75) is 51.1 Å². The molecule has 3 aromatic heterocycles. The SMILES string of the molecule is CC1CCC2(CC1)CC2n1c(N[C@@H](CO)c2ccccc2)nc2nc(-c3noc(=O)[nH]3)nc(-c3cccc(Cl)c3)c21. The number of aliphatic hydroxyl groups excluding tert-OH is 1. The van der Waals surface area contributed by atoms with Crippen LogP contribution in [0.5, 0.6) is 0 Å². The first-order chi connectivity index (χ1) is 19.9. The Kier molecular flexibility index (Phi) is 6.39. The molecule has 0 bridgehead atoms. The second-order valence-corrected chi connectivity index (χ2v) is 11.8. The van der Waals surface area contributed by atoms with Gasteiger partial charge in [-0.2, -0.15) is 4.98 Å². The van der Waals surface area contributed by atoms with E-state index in [1.165, 1.54) is 12.8 Å². The summed E-state index contributed by atoms with van der Waals surface area (Å²) in [6.07, 6.45) is 5.77. The molecule has 41 heavy (non-hydrogen) atoms. The Morgan fingerprint density at radius 3 is 2.66 bits per heavy atom. The molecule has 210 valence electrons. The van der Waals surface area contributed by atoms with Crippen molar-refractivity contribution < 1.29 is 9.63 Å². The highest BCUT2D eigenvalue weighted by atomic mass is 35.5. The summed E-state index contributed by atoms with van der Waals surface area (Å²) in [7, 11) is 0. The highest BCUT2D eigenvalue weighted by molar-refractivity contribution is 6.30. The first-order valence-corrected chi connectivity index (χ1v) is 14.4. The van der Waals surface area contributed by atoms with Gasteiger partial charge in [0.25, 0.3) is 0 Å². The van der Waals surface area contributed by atoms with Crippen LogP contribution in [0, 0.1) is 11.3 Å². The second-order valence-electron chi connectivity index (χ2n) is 11.4. The Balaban J connectivity index is 1.44. The molecule has 2 aliphatic rings. The molecule has 0 amide bonds. The van der Waals surface area contributed by atoms with E-state index in [0.29, 0.717) is 22.3 Å². The van der Waals surface area contributed by atoms with Crippen molar-refractivity contribution in [1.82, 2.24) is 29.7 Å². The van der Waals surface area contributed by atoms with E-state index in [9.17, 15) is 9.90 Å². The number of nitrogens with zero attached hydrogens (tertiary/aromatic N) is 5. The number of hydrogen-bond donors (Lipinski definition) is 3. The Labute approximate surface area is 240 Å². The van der Waals surface area contributed by atoms with E-state index in [2.05, 4.69) is 26.9 Å². The lowest BCUT2D eigenvalue weighted by atomic mass is 9.80. The zero-order valence-electron chi connectivity index (χ0n) is 22.5. The number of aliphatic hydroxyl groups is 1. The van der Waals surface area contributed by atoms with Gasteiger partial charge in [0.2, 0.25) is 17.6 Å². The number of aromatic nitrogens is 6. The summed E-state index contributed by atoms with van der Waals surface area (Å²) in [5, 5.41) is 18.3. The minimum atomic E-state index is -0.694. The second kappa shape index (κ2) is 10.1. The topological polar surface area (TPSA) is 135 Å². The molecule has 5 aromatic rings. The Morgan fingerprint density at radius 1 is 1.15 bits per heavy atom. The number of aromatic amines is 1. The van der Waals surface area contributed by atoms with Crippen molar-refractivity contribution >= 4 is 28.7 Å². The number of halogens is 1. The number of rotatable bonds is 7. The van der Waals surface area contributed by atoms with Gasteiger partial charge in [0.1, 0.15) is 11.2 Å². The standard InChI is InChI=1S/C30H30ClN7O3/c1-17-10-12-30(13-11-17)15-22(30)38-24-23(19-8-5-9-20(31)14-19)33-26(27-36-29(40)41-37-27)34-25(24)35-28(38)32-21(16-39)18-6-3-2-4-7-18/h2-9,14,17,21-22,39H,10-13,15-16H2,1H3,(H,36,37,40)(H,32,33,34,35)/t17?,21-,22?,30?/m0/s1. The predicted molar refractivity (Wildman–Crippen MR) is 155 cm³/mol. The largest absolute Gasteiger partial charge is 0.439 e. The van der Waals surface area contributed by atoms with E-state index in [1.807, 2.05) is 54.6 Å². The third kappa shape index (κ3) is 4.70. The Morgan fingerprint density at radius 2 is 1.95 bits per heavy atom. The van der Waals surface area contributed by atoms with Gasteiger partial charge in [-0.1, -0.05) is 79.0 Å². The molecule has 3 heterocycles. The number of H-pyrrole nitrogens is 1. The predicted octanol–water partition coefficient (Wildman–Crippen LogP) is 5.78. The van der Waals surface area contributed by atoms with Gasteiger partial charge in [0.15, 0.2) is 5.65 Å². The molecule has 2 atom stereocenters. The third-order valence-electron chi connectivity index (χ3n) is 8.71. The molecule has 3 N–H and O–H groups in total. The lowest BCUT2D eigenvalue weighted by Crippen LogP contribution is -2.20. The fourth-order valence-corrected chi connectivity index (χ4v) is 6.51. The molecule has 11 heteroatoms. The van der Waals surface area contributed by atoms with Crippen LogP contribution < -0.4 is 11.1 Å². The Hall–Kier alpha value is -4.02. The monoisotopic (exact) mass is 571 g/mol. The molecule has 7 rings (SSSR count). The molecule has 2 aromatic carbocycles. The van der Waals surface area contributed by atoms with E-state index < -0.39 is 5.76 Å². The Bertz CT molecular complexity index is 1770. The van der Waals surface area contributed by atoms with Crippen LogP contribution in [-0.4, -0.2) is 41.4 Å². The van der Waals surface area contributed by atoms with Crippen LogP contribution in [0.25, 0.3) is 34.1 Å². The number of fused-ring (bicyclic) bond motifs is 1. The lowest BCUT2D eigenvalue weighted by Gasteiger charge is -2.28. The summed E-state index contributed by atoms with van der Waals surface area (Å²) < 4.78 is 6.98. The van der Waals surface area contributed by atoms with E-state index in [-0.39, 0.29) is 35.8 Å². The first-order valence-electron chi connectivity index (χ1n) is 14.0. The molecule has 0 aliphatic heterocycles. The number of anilines is 1. The van der Waals surface area contributed by atoms with Gasteiger partial charge >= 0.3 is 5.76 Å². The fourth-order valence-electron chi connectivity index (χ4n) is 6.32. The van der Waals surface area contributed by atoms with Crippen LogP contribution in [0.3, 0.4) is 0 Å². The minimum Gasteiger partial charge on any atom is -0.394 e. The van der Waals surface area contributed by atoms with Gasteiger partial charge < -0.3 is 15.0 Å². The lowest BCUT2D eigenvalue weighted by molar-refractivity contribution is 0.252. The van der Waals surface area contributed by atoms with Crippen molar-refractivity contribution in [3.8, 4) is 22.9 Å². The molecule has 10 nitrogen and oxygen atoms in total. The molecule has 1 unspecified atom stereocenters. The maximum absolute atomic E-state index is 11.8. The van der Waals surface area contributed by atoms with Crippen LogP contribution >= 0.6 is 11.6 Å². The van der Waals surface area contributed by atoms with E-state index >= 15 is 0 Å². The molecule has 0 saturated heterocycles. The number of nitrogens with one attached hydrogen (secondary N) is 2. The average Bonchev–Trinajstić information content (AvgIpc) is 3.29. The van der Waals surface area contributed by atoms with E-state index in [4.69, 9.17) is 31.1 Å². The molecular formula is C30H30ClN7O3. The van der Waals surface area contributed by atoms with Crippen LogP contribution in [-0.2, 0) is 0 Å². The molecule has 2 aliphatic carbocycles. The fraction of sp³-hybridized carbons (Fsp3) is 0.367. The highest BCUT2D eigenvalue weighted by Crippen LogP contribution is 2.66. The van der Waals surface area contributed by atoms with Crippen LogP contribution in [0.2, 0.25) is 5.02 Å². The number of imidazole rings is 1. The smallest absolute Gasteiger partial charge is 0.394 e.